The number of ether oxygens (including phenoxy) is 3. The second-order valence-corrected chi connectivity index (χ2v) is 11.8. The molecule has 10 nitrogen and oxygen atoms in total. The molecule has 1 N–H and O–H groups in total. The van der Waals surface area contributed by atoms with E-state index in [1.807, 2.05) is 26.8 Å². The van der Waals surface area contributed by atoms with Crippen LogP contribution in [0.25, 0.3) is 0 Å². The fraction of sp³-hybridized carbons (Fsp3) is 0.375. The first-order valence-electron chi connectivity index (χ1n) is 14.1. The van der Waals surface area contributed by atoms with Gasteiger partial charge >= 0.3 is 0 Å². The third-order valence-electron chi connectivity index (χ3n) is 6.97. The van der Waals surface area contributed by atoms with Gasteiger partial charge in [-0.3, -0.25) is 13.9 Å². The molecule has 0 aliphatic heterocycles. The number of rotatable bonds is 15. The number of methoxy groups -OCH3 is 3. The first-order chi connectivity index (χ1) is 20.6. The van der Waals surface area contributed by atoms with Crippen LogP contribution in [-0.4, -0.2) is 65.6 Å². The Kier molecular flexibility index (Phi) is 11.8. The van der Waals surface area contributed by atoms with Crippen LogP contribution < -0.4 is 23.8 Å². The van der Waals surface area contributed by atoms with Gasteiger partial charge in [0.2, 0.25) is 11.8 Å². The van der Waals surface area contributed by atoms with E-state index in [9.17, 15) is 18.0 Å². The molecular weight excluding hydrogens is 570 g/mol. The fourth-order valence-corrected chi connectivity index (χ4v) is 6.01. The maximum absolute atomic E-state index is 14.2. The van der Waals surface area contributed by atoms with Crippen molar-refractivity contribution in [2.45, 2.75) is 51.1 Å². The highest BCUT2D eigenvalue weighted by Gasteiger charge is 2.34. The van der Waals surface area contributed by atoms with E-state index in [2.05, 4.69) is 5.32 Å². The summed E-state index contributed by atoms with van der Waals surface area (Å²) in [5.74, 6) is 0.451. The zero-order chi connectivity index (χ0) is 31.6. The Morgan fingerprint density at radius 2 is 1.58 bits per heavy atom. The molecule has 0 saturated heterocycles. The van der Waals surface area contributed by atoms with Crippen LogP contribution in [0.15, 0.2) is 71.6 Å². The third kappa shape index (κ3) is 8.19. The van der Waals surface area contributed by atoms with E-state index in [1.54, 1.807) is 49.6 Å². The second kappa shape index (κ2) is 15.3. The van der Waals surface area contributed by atoms with Gasteiger partial charge in [0.15, 0.2) is 11.5 Å². The number of aryl methyl sites for hydroxylation is 1. The van der Waals surface area contributed by atoms with E-state index in [0.29, 0.717) is 30.2 Å². The number of sulfonamides is 1. The van der Waals surface area contributed by atoms with Crippen LogP contribution in [0, 0.1) is 6.92 Å². The average Bonchev–Trinajstić information content (AvgIpc) is 3.02. The van der Waals surface area contributed by atoms with Crippen molar-refractivity contribution < 1.29 is 32.2 Å². The lowest BCUT2D eigenvalue weighted by atomic mass is 10.1. The maximum atomic E-state index is 14.2. The number of carbonyl (C=O) groups is 2. The molecule has 43 heavy (non-hydrogen) atoms. The molecule has 0 heterocycles. The molecule has 3 aromatic carbocycles. The molecular formula is C32H41N3O7S. The molecule has 11 heteroatoms. The van der Waals surface area contributed by atoms with Gasteiger partial charge in [0.25, 0.3) is 10.0 Å². The van der Waals surface area contributed by atoms with Crippen molar-refractivity contribution in [3.63, 3.8) is 0 Å². The molecule has 232 valence electrons. The van der Waals surface area contributed by atoms with Gasteiger partial charge in [-0.05, 0) is 61.7 Å². The van der Waals surface area contributed by atoms with Crippen LogP contribution in [0.2, 0.25) is 0 Å². The number of amides is 2. The normalized spacial score (nSPS) is 11.8. The average molecular weight is 612 g/mol. The molecule has 0 fully saturated rings. The Morgan fingerprint density at radius 1 is 0.884 bits per heavy atom. The number of carbonyl (C=O) groups excluding carboxylic acids is 2. The molecule has 0 saturated carbocycles. The van der Waals surface area contributed by atoms with Crippen molar-refractivity contribution >= 4 is 27.5 Å². The minimum Gasteiger partial charge on any atom is -0.497 e. The summed E-state index contributed by atoms with van der Waals surface area (Å²) in [4.78, 5) is 28.9. The third-order valence-corrected chi connectivity index (χ3v) is 8.75. The largest absolute Gasteiger partial charge is 0.497 e. The van der Waals surface area contributed by atoms with Crippen molar-refractivity contribution in [2.75, 3.05) is 38.7 Å². The Bertz CT molecular complexity index is 1490. The van der Waals surface area contributed by atoms with Gasteiger partial charge in [-0.15, -0.1) is 0 Å². The molecule has 0 unspecified atom stereocenters. The van der Waals surface area contributed by atoms with Crippen molar-refractivity contribution in [1.82, 2.24) is 10.2 Å². The van der Waals surface area contributed by atoms with Gasteiger partial charge in [-0.1, -0.05) is 43.7 Å². The molecule has 0 aromatic heterocycles. The summed E-state index contributed by atoms with van der Waals surface area (Å²) in [6.07, 6.45) is 1.06. The van der Waals surface area contributed by atoms with Crippen LogP contribution in [-0.2, 0) is 26.2 Å². The van der Waals surface area contributed by atoms with Gasteiger partial charge in [-0.2, -0.15) is 0 Å². The predicted molar refractivity (Wildman–Crippen MR) is 166 cm³/mol. The van der Waals surface area contributed by atoms with Crippen LogP contribution >= 0.6 is 0 Å². The van der Waals surface area contributed by atoms with Crippen LogP contribution in [0.3, 0.4) is 0 Å². The molecule has 0 bridgehead atoms. The first-order valence-corrected chi connectivity index (χ1v) is 15.5. The predicted octanol–water partition coefficient (Wildman–Crippen LogP) is 4.55. The number of nitrogens with one attached hydrogen (secondary N) is 1. The minimum absolute atomic E-state index is 0.0211. The zero-order valence-corrected chi connectivity index (χ0v) is 26.4. The van der Waals surface area contributed by atoms with Crippen molar-refractivity contribution in [1.29, 1.82) is 0 Å². The second-order valence-electron chi connectivity index (χ2n) is 9.95. The molecule has 1 atom stereocenters. The lowest BCUT2D eigenvalue weighted by molar-refractivity contribution is -0.140. The van der Waals surface area contributed by atoms with E-state index < -0.39 is 28.5 Å². The van der Waals surface area contributed by atoms with E-state index in [0.717, 1.165) is 21.9 Å². The number of hydrogen-bond donors (Lipinski definition) is 1. The Balaban J connectivity index is 2.12. The molecule has 0 aliphatic rings. The quantitative estimate of drug-likeness (QED) is 0.268. The van der Waals surface area contributed by atoms with Gasteiger partial charge in [0.05, 0.1) is 31.9 Å². The highest BCUT2D eigenvalue weighted by atomic mass is 32.2. The van der Waals surface area contributed by atoms with E-state index in [-0.39, 0.29) is 23.0 Å². The minimum atomic E-state index is -4.23. The molecule has 3 aromatic rings. The Morgan fingerprint density at radius 3 is 2.19 bits per heavy atom. The zero-order valence-electron chi connectivity index (χ0n) is 25.6. The van der Waals surface area contributed by atoms with Crippen molar-refractivity contribution in [3.05, 3.63) is 77.9 Å². The van der Waals surface area contributed by atoms with Crippen LogP contribution in [0.1, 0.15) is 37.8 Å². The lowest BCUT2D eigenvalue weighted by Gasteiger charge is -2.33. The lowest BCUT2D eigenvalue weighted by Crippen LogP contribution is -2.52. The number of benzene rings is 3. The smallest absolute Gasteiger partial charge is 0.264 e. The van der Waals surface area contributed by atoms with Gasteiger partial charge in [-0.25, -0.2) is 8.42 Å². The van der Waals surface area contributed by atoms with Crippen molar-refractivity contribution in [2.24, 2.45) is 0 Å². The topological polar surface area (TPSA) is 114 Å². The highest BCUT2D eigenvalue weighted by Crippen LogP contribution is 2.34. The highest BCUT2D eigenvalue weighted by molar-refractivity contribution is 7.92. The number of nitrogens with zero attached hydrogens (tertiary/aromatic N) is 2. The van der Waals surface area contributed by atoms with E-state index in [1.165, 1.54) is 37.3 Å². The Hall–Kier alpha value is -4.25. The monoisotopic (exact) mass is 611 g/mol. The van der Waals surface area contributed by atoms with E-state index in [4.69, 9.17) is 14.2 Å². The fourth-order valence-electron chi connectivity index (χ4n) is 4.60. The summed E-state index contributed by atoms with van der Waals surface area (Å²) in [5, 5.41) is 2.88. The van der Waals surface area contributed by atoms with Gasteiger partial charge in [0.1, 0.15) is 18.3 Å². The summed E-state index contributed by atoms with van der Waals surface area (Å²) >= 11 is 0. The molecule has 0 aliphatic carbocycles. The first kappa shape index (κ1) is 33.3. The molecule has 3 rings (SSSR count). The van der Waals surface area contributed by atoms with Gasteiger partial charge in [0, 0.05) is 19.2 Å². The molecule has 0 radical (unpaired) electrons. The standard InChI is InChI=1S/C32H41N3O7S/c1-7-18-33-32(37)28(8-2)34(21-24-10-9-11-26(19-24)40-4)31(36)22-35(25-14-17-29(41-5)30(20-25)42-6)43(38,39)27-15-12-23(3)13-16-27/h9-17,19-20,28H,7-8,18,21-22H2,1-6H3,(H,33,37)/t28-/m0/s1. The summed E-state index contributed by atoms with van der Waals surface area (Å²) in [6.45, 7) is 5.58. The van der Waals surface area contributed by atoms with Crippen LogP contribution in [0.5, 0.6) is 17.2 Å². The van der Waals surface area contributed by atoms with Crippen LogP contribution in [0.4, 0.5) is 5.69 Å². The van der Waals surface area contributed by atoms with Crippen molar-refractivity contribution in [3.8, 4) is 17.2 Å². The van der Waals surface area contributed by atoms with Gasteiger partial charge < -0.3 is 24.4 Å². The number of hydrogen-bond acceptors (Lipinski definition) is 7. The molecule has 0 spiro atoms. The molecule has 2 amide bonds. The SMILES string of the molecule is CCCNC(=O)[C@H](CC)N(Cc1cccc(OC)c1)C(=O)CN(c1ccc(OC)c(OC)c1)S(=O)(=O)c1ccc(C)cc1. The summed E-state index contributed by atoms with van der Waals surface area (Å²) in [7, 11) is 0.248. The maximum Gasteiger partial charge on any atom is 0.264 e. The number of anilines is 1. The van der Waals surface area contributed by atoms with E-state index >= 15 is 0 Å². The Labute approximate surface area is 254 Å². The summed E-state index contributed by atoms with van der Waals surface area (Å²) in [5.41, 5.74) is 1.82. The summed E-state index contributed by atoms with van der Waals surface area (Å²) < 4.78 is 45.4. The summed E-state index contributed by atoms with van der Waals surface area (Å²) in [6, 6.07) is 17.4.